The molecule has 0 radical (unpaired) electrons. The summed E-state index contributed by atoms with van der Waals surface area (Å²) in [6, 6.07) is 25.7. The minimum absolute atomic E-state index is 0.0330. The number of fused-ring (bicyclic) bond motifs is 1. The van der Waals surface area contributed by atoms with E-state index in [1.54, 1.807) is 11.3 Å². The molecule has 1 aromatic heterocycles. The minimum atomic E-state index is -0.169. The molecule has 0 spiro atoms. The van der Waals surface area contributed by atoms with Crippen molar-refractivity contribution in [1.82, 2.24) is 10.3 Å². The Morgan fingerprint density at radius 2 is 1.67 bits per heavy atom. The summed E-state index contributed by atoms with van der Waals surface area (Å²) in [5, 5.41) is 3.76. The lowest BCUT2D eigenvalue weighted by atomic mass is 10.1. The Bertz CT molecular complexity index is 1030. The van der Waals surface area contributed by atoms with E-state index < -0.39 is 0 Å². The largest absolute Gasteiger partial charge is 0.483 e. The number of hydrogen-bond acceptors (Lipinski definition) is 4. The number of ether oxygens (including phenoxy) is 1. The molecule has 4 aromatic rings. The zero-order valence-electron chi connectivity index (χ0n) is 14.6. The van der Waals surface area contributed by atoms with Crippen LogP contribution in [0.5, 0.6) is 5.75 Å². The van der Waals surface area contributed by atoms with Crippen LogP contribution in [0.3, 0.4) is 0 Å². The van der Waals surface area contributed by atoms with Gasteiger partial charge in [0, 0.05) is 5.56 Å². The second kappa shape index (κ2) is 8.01. The molecular formula is C22H18N2O2S. The fourth-order valence-corrected chi connectivity index (χ4v) is 3.72. The molecule has 1 amide bonds. The summed E-state index contributed by atoms with van der Waals surface area (Å²) in [6.45, 7) is 0.372. The van der Waals surface area contributed by atoms with Crippen molar-refractivity contribution in [2.75, 3.05) is 6.61 Å². The summed E-state index contributed by atoms with van der Waals surface area (Å²) < 4.78 is 6.89. The molecule has 0 atom stereocenters. The Morgan fingerprint density at radius 1 is 0.926 bits per heavy atom. The summed E-state index contributed by atoms with van der Waals surface area (Å²) in [6.07, 6.45) is 0. The molecule has 0 fully saturated rings. The molecule has 4 nitrogen and oxygen atoms in total. The molecule has 3 aromatic carbocycles. The second-order valence-electron chi connectivity index (χ2n) is 6.00. The lowest BCUT2D eigenvalue weighted by Crippen LogP contribution is -2.28. The van der Waals surface area contributed by atoms with Crippen LogP contribution in [0, 0.1) is 0 Å². The van der Waals surface area contributed by atoms with Crippen molar-refractivity contribution < 1.29 is 9.53 Å². The Balaban J connectivity index is 1.37. The number of carbonyl (C=O) groups is 1. The fraction of sp³-hybridized carbons (Fsp3) is 0.0909. The maximum absolute atomic E-state index is 12.2. The van der Waals surface area contributed by atoms with E-state index in [2.05, 4.69) is 10.3 Å². The second-order valence-corrected chi connectivity index (χ2v) is 7.12. The van der Waals surface area contributed by atoms with Crippen molar-refractivity contribution >= 4 is 27.5 Å². The van der Waals surface area contributed by atoms with Crippen molar-refractivity contribution in [3.05, 3.63) is 83.9 Å². The highest BCUT2D eigenvalue weighted by Crippen LogP contribution is 2.29. The topological polar surface area (TPSA) is 51.2 Å². The van der Waals surface area contributed by atoms with Crippen LogP contribution in [0.2, 0.25) is 0 Å². The summed E-state index contributed by atoms with van der Waals surface area (Å²) in [4.78, 5) is 16.7. The van der Waals surface area contributed by atoms with Gasteiger partial charge < -0.3 is 10.1 Å². The summed E-state index contributed by atoms with van der Waals surface area (Å²) in [7, 11) is 0. The Labute approximate surface area is 161 Å². The van der Waals surface area contributed by atoms with Crippen LogP contribution < -0.4 is 10.1 Å². The quantitative estimate of drug-likeness (QED) is 0.534. The number of aromatic nitrogens is 1. The van der Waals surface area contributed by atoms with Crippen LogP contribution in [-0.2, 0) is 11.3 Å². The number of carbonyl (C=O) groups excluding carboxylic acids is 1. The number of benzene rings is 3. The van der Waals surface area contributed by atoms with Gasteiger partial charge in [0.25, 0.3) is 5.91 Å². The van der Waals surface area contributed by atoms with Gasteiger partial charge in [-0.15, -0.1) is 11.3 Å². The van der Waals surface area contributed by atoms with E-state index in [1.807, 2.05) is 78.9 Å². The maximum atomic E-state index is 12.2. The fourth-order valence-electron chi connectivity index (χ4n) is 2.81. The number of nitrogens with one attached hydrogen (secondary N) is 1. The van der Waals surface area contributed by atoms with E-state index in [-0.39, 0.29) is 12.5 Å². The van der Waals surface area contributed by atoms with E-state index in [1.165, 1.54) is 0 Å². The summed E-state index contributed by atoms with van der Waals surface area (Å²) in [5.74, 6) is 0.524. The zero-order chi connectivity index (χ0) is 18.5. The number of para-hydroxylation sites is 2. The van der Waals surface area contributed by atoms with Gasteiger partial charge in [0.1, 0.15) is 10.8 Å². The first-order valence-corrected chi connectivity index (χ1v) is 9.49. The third-order valence-corrected chi connectivity index (χ3v) is 5.14. The smallest absolute Gasteiger partial charge is 0.258 e. The van der Waals surface area contributed by atoms with Crippen LogP contribution in [0.1, 0.15) is 5.01 Å². The van der Waals surface area contributed by atoms with Gasteiger partial charge in [0.05, 0.1) is 16.8 Å². The highest BCUT2D eigenvalue weighted by molar-refractivity contribution is 7.18. The highest BCUT2D eigenvalue weighted by Gasteiger charge is 2.09. The van der Waals surface area contributed by atoms with Crippen LogP contribution >= 0.6 is 11.3 Å². The molecule has 0 aliphatic carbocycles. The van der Waals surface area contributed by atoms with Gasteiger partial charge in [-0.3, -0.25) is 4.79 Å². The number of hydrogen-bond donors (Lipinski definition) is 1. The van der Waals surface area contributed by atoms with Crippen LogP contribution in [0.4, 0.5) is 0 Å². The van der Waals surface area contributed by atoms with Crippen molar-refractivity contribution in [1.29, 1.82) is 0 Å². The van der Waals surface area contributed by atoms with Gasteiger partial charge in [0.15, 0.2) is 6.61 Å². The molecule has 134 valence electrons. The van der Waals surface area contributed by atoms with Crippen molar-refractivity contribution in [2.24, 2.45) is 0 Å². The van der Waals surface area contributed by atoms with Gasteiger partial charge >= 0.3 is 0 Å². The number of nitrogens with zero attached hydrogens (tertiary/aromatic N) is 1. The first kappa shape index (κ1) is 17.2. The lowest BCUT2D eigenvalue weighted by molar-refractivity contribution is -0.123. The van der Waals surface area contributed by atoms with Gasteiger partial charge in [-0.05, 0) is 23.8 Å². The van der Waals surface area contributed by atoms with E-state index in [0.29, 0.717) is 12.3 Å². The minimum Gasteiger partial charge on any atom is -0.483 e. The standard InChI is InChI=1S/C22H18N2O2S/c25-21(23-14-22-24-18-11-5-7-13-20(18)27-22)15-26-19-12-6-4-10-17(19)16-8-2-1-3-9-16/h1-13H,14-15H2,(H,23,25). The monoisotopic (exact) mass is 374 g/mol. The molecule has 5 heteroatoms. The van der Waals surface area contributed by atoms with E-state index >= 15 is 0 Å². The molecular weight excluding hydrogens is 356 g/mol. The summed E-state index contributed by atoms with van der Waals surface area (Å²) in [5.41, 5.74) is 2.99. The normalized spacial score (nSPS) is 10.7. The SMILES string of the molecule is O=C(COc1ccccc1-c1ccccc1)NCc1nc2ccccc2s1. The van der Waals surface area contributed by atoms with Crippen LogP contribution in [0.15, 0.2) is 78.9 Å². The average molecular weight is 374 g/mol. The first-order valence-electron chi connectivity index (χ1n) is 8.68. The molecule has 0 saturated heterocycles. The average Bonchev–Trinajstić information content (AvgIpc) is 3.15. The van der Waals surface area contributed by atoms with Crippen LogP contribution in [0.25, 0.3) is 21.3 Å². The molecule has 4 rings (SSSR count). The molecule has 0 unspecified atom stereocenters. The number of rotatable bonds is 6. The first-order chi connectivity index (χ1) is 13.3. The van der Waals surface area contributed by atoms with Crippen LogP contribution in [-0.4, -0.2) is 17.5 Å². The third kappa shape index (κ3) is 4.15. The van der Waals surface area contributed by atoms with E-state index in [9.17, 15) is 4.79 Å². The maximum Gasteiger partial charge on any atom is 0.258 e. The van der Waals surface area contributed by atoms with Gasteiger partial charge in [0.2, 0.25) is 0 Å². The van der Waals surface area contributed by atoms with Crippen molar-refractivity contribution in [2.45, 2.75) is 6.54 Å². The Kier molecular flexibility index (Phi) is 5.12. The van der Waals surface area contributed by atoms with Gasteiger partial charge in [-0.25, -0.2) is 4.98 Å². The Morgan fingerprint density at radius 3 is 2.52 bits per heavy atom. The molecule has 27 heavy (non-hydrogen) atoms. The number of amides is 1. The Hall–Kier alpha value is -3.18. The molecule has 0 bridgehead atoms. The zero-order valence-corrected chi connectivity index (χ0v) is 15.4. The summed E-state index contributed by atoms with van der Waals surface area (Å²) >= 11 is 1.59. The predicted octanol–water partition coefficient (Wildman–Crippen LogP) is 4.66. The van der Waals surface area contributed by atoms with E-state index in [0.717, 1.165) is 26.4 Å². The third-order valence-electron chi connectivity index (χ3n) is 4.11. The van der Waals surface area contributed by atoms with Gasteiger partial charge in [-0.2, -0.15) is 0 Å². The highest BCUT2D eigenvalue weighted by atomic mass is 32.1. The van der Waals surface area contributed by atoms with Crippen molar-refractivity contribution in [3.8, 4) is 16.9 Å². The molecule has 0 aliphatic heterocycles. The molecule has 1 heterocycles. The van der Waals surface area contributed by atoms with E-state index in [4.69, 9.17) is 4.74 Å². The van der Waals surface area contributed by atoms with Gasteiger partial charge in [-0.1, -0.05) is 60.7 Å². The number of thiazole rings is 1. The molecule has 0 saturated carbocycles. The molecule has 1 N–H and O–H groups in total. The lowest BCUT2D eigenvalue weighted by Gasteiger charge is -2.11. The predicted molar refractivity (Wildman–Crippen MR) is 109 cm³/mol. The molecule has 0 aliphatic rings. The van der Waals surface area contributed by atoms with Crippen molar-refractivity contribution in [3.63, 3.8) is 0 Å².